The summed E-state index contributed by atoms with van der Waals surface area (Å²) in [6.45, 7) is 0. The van der Waals surface area contributed by atoms with Crippen molar-refractivity contribution in [3.63, 3.8) is 0 Å². The molecule has 0 fully saturated rings. The van der Waals surface area contributed by atoms with Crippen LogP contribution in [-0.4, -0.2) is 19.5 Å². The molecule has 0 aliphatic rings. The smallest absolute Gasteiger partial charge is 0.145 e. The molecule has 15 aromatic rings. The van der Waals surface area contributed by atoms with Gasteiger partial charge < -0.3 is 0 Å². The molecule has 0 aliphatic heterocycles. The summed E-state index contributed by atoms with van der Waals surface area (Å²) in [6.07, 6.45) is 0. The third kappa shape index (κ3) is 7.49. The highest BCUT2D eigenvalue weighted by molar-refractivity contribution is 6.23. The van der Waals surface area contributed by atoms with E-state index >= 15 is 0 Å². The highest BCUT2D eigenvalue weighted by Gasteiger charge is 2.21. The van der Waals surface area contributed by atoms with Gasteiger partial charge in [-0.15, -0.1) is 0 Å². The zero-order chi connectivity index (χ0) is 50.8. The van der Waals surface area contributed by atoms with Gasteiger partial charge in [0.15, 0.2) is 0 Å². The van der Waals surface area contributed by atoms with E-state index in [4.69, 9.17) is 15.0 Å². The lowest BCUT2D eigenvalue weighted by Crippen LogP contribution is -1.97. The summed E-state index contributed by atoms with van der Waals surface area (Å²) in [6, 6.07) is 100. The Balaban J connectivity index is 0.897. The van der Waals surface area contributed by atoms with Gasteiger partial charge in [0.25, 0.3) is 0 Å². The first-order chi connectivity index (χ1) is 38.2. The van der Waals surface area contributed by atoms with Crippen molar-refractivity contribution in [2.24, 2.45) is 0 Å². The second-order valence-corrected chi connectivity index (χ2v) is 19.8. The van der Waals surface area contributed by atoms with E-state index in [2.05, 4.69) is 271 Å². The Labute approximate surface area is 445 Å². The summed E-state index contributed by atoms with van der Waals surface area (Å²) >= 11 is 0. The largest absolute Gasteiger partial charge is 0.292 e. The number of pyridine rings is 2. The van der Waals surface area contributed by atoms with Crippen LogP contribution in [0.15, 0.2) is 279 Å². The van der Waals surface area contributed by atoms with E-state index < -0.39 is 0 Å². The number of aromatic nitrogens is 4. The van der Waals surface area contributed by atoms with Gasteiger partial charge in [-0.1, -0.05) is 243 Å². The van der Waals surface area contributed by atoms with Crippen LogP contribution in [0.5, 0.6) is 0 Å². The van der Waals surface area contributed by atoms with Crippen molar-refractivity contribution in [3.8, 4) is 84.1 Å². The number of para-hydroxylation sites is 3. The second kappa shape index (κ2) is 18.3. The van der Waals surface area contributed by atoms with Crippen molar-refractivity contribution in [1.82, 2.24) is 19.5 Å². The van der Waals surface area contributed by atoms with Crippen molar-refractivity contribution >= 4 is 65.2 Å². The second-order valence-electron chi connectivity index (χ2n) is 19.8. The summed E-state index contributed by atoms with van der Waals surface area (Å²) in [5.41, 5.74) is 19.0. The van der Waals surface area contributed by atoms with Crippen LogP contribution in [0.2, 0.25) is 0 Å². The summed E-state index contributed by atoms with van der Waals surface area (Å²) in [5, 5.41) is 9.50. The molecule has 3 aromatic heterocycles. The van der Waals surface area contributed by atoms with Crippen molar-refractivity contribution in [2.75, 3.05) is 0 Å². The molecule has 358 valence electrons. The fraction of sp³-hybridized carbons (Fsp3) is 0. The molecule has 0 N–H and O–H groups in total. The lowest BCUT2D eigenvalue weighted by Gasteiger charge is -2.19. The van der Waals surface area contributed by atoms with E-state index in [1.165, 1.54) is 49.0 Å². The Morgan fingerprint density at radius 2 is 0.701 bits per heavy atom. The number of imidazole rings is 1. The number of benzene rings is 12. The normalized spacial score (nSPS) is 11.6. The van der Waals surface area contributed by atoms with Crippen LogP contribution in [0.4, 0.5) is 0 Å². The van der Waals surface area contributed by atoms with Crippen LogP contribution in [-0.2, 0) is 0 Å². The molecule has 12 aromatic carbocycles. The molecule has 0 aliphatic carbocycles. The minimum atomic E-state index is 0.855. The third-order valence-corrected chi connectivity index (χ3v) is 15.4. The molecule has 4 nitrogen and oxygen atoms in total. The molecule has 4 heteroatoms. The van der Waals surface area contributed by atoms with Gasteiger partial charge in [0.1, 0.15) is 5.82 Å². The molecule has 0 radical (unpaired) electrons. The van der Waals surface area contributed by atoms with Crippen molar-refractivity contribution in [3.05, 3.63) is 279 Å². The van der Waals surface area contributed by atoms with E-state index in [9.17, 15) is 0 Å². The Hall–Kier alpha value is -10.3. The third-order valence-electron chi connectivity index (χ3n) is 15.4. The molecule has 15 rings (SSSR count). The Morgan fingerprint density at radius 1 is 0.260 bits per heavy atom. The molecule has 0 amide bonds. The van der Waals surface area contributed by atoms with Crippen molar-refractivity contribution < 1.29 is 0 Å². The van der Waals surface area contributed by atoms with Crippen LogP contribution in [0.25, 0.3) is 149 Å². The standard InChI is InChI=1S/C73H46N4/c1-4-19-48(20-5-1)63-45-66(50-35-39-52(40-36-50)69-57-28-12-14-30-59(57)70(60-31-15-13-29-58(60)69)56-32-18-24-47-23-10-11-27-55(47)56)74-71-61(63)43-44-62-64(49-21-6-2-7-22-49)46-67(75-72(62)71)51-37-41-53(42-38-51)73-76-65-33-16-17-34-68(65)77(73)54-25-8-3-9-26-54/h1-46H. The molecule has 0 saturated carbocycles. The quantitative estimate of drug-likeness (QED) is 0.113. The van der Waals surface area contributed by atoms with Gasteiger partial charge >= 0.3 is 0 Å². The first-order valence-corrected chi connectivity index (χ1v) is 26.3. The van der Waals surface area contributed by atoms with Gasteiger partial charge in [0, 0.05) is 33.2 Å². The van der Waals surface area contributed by atoms with Crippen LogP contribution in [0.3, 0.4) is 0 Å². The lowest BCUT2D eigenvalue weighted by molar-refractivity contribution is 1.10. The van der Waals surface area contributed by atoms with Crippen LogP contribution < -0.4 is 0 Å². The topological polar surface area (TPSA) is 43.6 Å². The summed E-state index contributed by atoms with van der Waals surface area (Å²) in [5.74, 6) is 0.890. The molecule has 0 saturated heterocycles. The molecular formula is C73H46N4. The summed E-state index contributed by atoms with van der Waals surface area (Å²) < 4.78 is 2.24. The average Bonchev–Trinajstić information content (AvgIpc) is 3.95. The van der Waals surface area contributed by atoms with E-state index in [0.29, 0.717) is 0 Å². The predicted molar refractivity (Wildman–Crippen MR) is 322 cm³/mol. The zero-order valence-electron chi connectivity index (χ0n) is 41.8. The minimum Gasteiger partial charge on any atom is -0.292 e. The summed E-state index contributed by atoms with van der Waals surface area (Å²) in [7, 11) is 0. The molecule has 0 bridgehead atoms. The number of nitrogens with zero attached hydrogens (tertiary/aromatic N) is 4. The Bertz CT molecular complexity index is 4690. The molecule has 3 heterocycles. The fourth-order valence-corrected chi connectivity index (χ4v) is 11.8. The van der Waals surface area contributed by atoms with E-state index in [0.717, 1.165) is 100 Å². The highest BCUT2D eigenvalue weighted by atomic mass is 15.1. The predicted octanol–water partition coefficient (Wildman–Crippen LogP) is 19.3. The van der Waals surface area contributed by atoms with Gasteiger partial charge in [-0.2, -0.15) is 0 Å². The SMILES string of the molecule is c1ccc(-c2cc(-c3ccc(-c4c5ccccc5c(-c5cccc6ccccc56)c5ccccc45)cc3)nc3c2ccc2c(-c4ccccc4)cc(-c4ccc(-c5nc6ccccc6n5-c5ccccc5)cc4)nc23)cc1. The van der Waals surface area contributed by atoms with Gasteiger partial charge in [0.2, 0.25) is 0 Å². The van der Waals surface area contributed by atoms with Gasteiger partial charge in [-0.05, 0) is 113 Å². The molecule has 0 atom stereocenters. The first-order valence-electron chi connectivity index (χ1n) is 26.3. The monoisotopic (exact) mass is 978 g/mol. The van der Waals surface area contributed by atoms with Gasteiger partial charge in [-0.25, -0.2) is 15.0 Å². The number of rotatable bonds is 8. The first kappa shape index (κ1) is 44.2. The van der Waals surface area contributed by atoms with Crippen molar-refractivity contribution in [2.45, 2.75) is 0 Å². The number of fused-ring (bicyclic) bond motifs is 7. The fourth-order valence-electron chi connectivity index (χ4n) is 11.8. The average molecular weight is 979 g/mol. The maximum Gasteiger partial charge on any atom is 0.145 e. The number of hydrogen-bond donors (Lipinski definition) is 0. The molecular weight excluding hydrogens is 933 g/mol. The summed E-state index contributed by atoms with van der Waals surface area (Å²) in [4.78, 5) is 16.4. The van der Waals surface area contributed by atoms with E-state index in [1.807, 2.05) is 12.1 Å². The van der Waals surface area contributed by atoms with E-state index in [1.54, 1.807) is 0 Å². The maximum absolute atomic E-state index is 5.64. The van der Waals surface area contributed by atoms with Crippen LogP contribution in [0, 0.1) is 0 Å². The lowest BCUT2D eigenvalue weighted by atomic mass is 9.84. The maximum atomic E-state index is 5.64. The van der Waals surface area contributed by atoms with Gasteiger partial charge in [0.05, 0.1) is 33.5 Å². The van der Waals surface area contributed by atoms with Gasteiger partial charge in [-0.3, -0.25) is 4.57 Å². The van der Waals surface area contributed by atoms with Crippen molar-refractivity contribution in [1.29, 1.82) is 0 Å². The zero-order valence-corrected chi connectivity index (χ0v) is 41.8. The van der Waals surface area contributed by atoms with Crippen LogP contribution >= 0.6 is 0 Å². The Kier molecular flexibility index (Phi) is 10.5. The Morgan fingerprint density at radius 3 is 1.27 bits per heavy atom. The van der Waals surface area contributed by atoms with E-state index in [-0.39, 0.29) is 0 Å². The molecule has 77 heavy (non-hydrogen) atoms. The highest BCUT2D eigenvalue weighted by Crippen LogP contribution is 2.46. The molecule has 0 spiro atoms. The van der Waals surface area contributed by atoms with Crippen LogP contribution in [0.1, 0.15) is 0 Å². The molecule has 0 unspecified atom stereocenters. The minimum absolute atomic E-state index is 0.855. The number of hydrogen-bond acceptors (Lipinski definition) is 3.